The van der Waals surface area contributed by atoms with Crippen LogP contribution in [0.2, 0.25) is 0 Å². The van der Waals surface area contributed by atoms with E-state index in [1.165, 1.54) is 5.56 Å². The Bertz CT molecular complexity index is 1150. The quantitative estimate of drug-likeness (QED) is 0.524. The van der Waals surface area contributed by atoms with E-state index in [4.69, 9.17) is 0 Å². The third kappa shape index (κ3) is 3.72. The van der Waals surface area contributed by atoms with Gasteiger partial charge in [0.05, 0.1) is 11.0 Å². The second kappa shape index (κ2) is 8.13. The zero-order valence-corrected chi connectivity index (χ0v) is 16.8. The Balaban J connectivity index is 1.27. The summed E-state index contributed by atoms with van der Waals surface area (Å²) in [7, 11) is 0. The van der Waals surface area contributed by atoms with E-state index in [2.05, 4.69) is 46.3 Å². The summed E-state index contributed by atoms with van der Waals surface area (Å²) in [5.74, 6) is 0.0884. The van der Waals surface area contributed by atoms with Crippen LogP contribution >= 0.6 is 0 Å². The second-order valence-corrected chi connectivity index (χ2v) is 7.71. The van der Waals surface area contributed by atoms with Gasteiger partial charge in [-0.15, -0.1) is 0 Å². The lowest BCUT2D eigenvalue weighted by Gasteiger charge is -2.34. The molecule has 0 bridgehead atoms. The molecule has 0 atom stereocenters. The van der Waals surface area contributed by atoms with Gasteiger partial charge < -0.3 is 4.90 Å². The molecule has 0 saturated carbocycles. The Morgan fingerprint density at radius 2 is 1.53 bits per heavy atom. The average molecular weight is 396 g/mol. The van der Waals surface area contributed by atoms with Gasteiger partial charge in [-0.25, -0.2) is 4.98 Å². The molecule has 0 radical (unpaired) electrons. The monoisotopic (exact) mass is 396 g/mol. The smallest absolute Gasteiger partial charge is 0.254 e. The first kappa shape index (κ1) is 18.6. The van der Waals surface area contributed by atoms with Crippen LogP contribution in [0, 0.1) is 0 Å². The van der Waals surface area contributed by atoms with Gasteiger partial charge >= 0.3 is 0 Å². The van der Waals surface area contributed by atoms with Crippen LogP contribution in [-0.4, -0.2) is 51.4 Å². The Hall–Kier alpha value is -3.44. The van der Waals surface area contributed by atoms with Gasteiger partial charge in [-0.3, -0.25) is 14.3 Å². The lowest BCUT2D eigenvalue weighted by Crippen LogP contribution is -2.48. The topological polar surface area (TPSA) is 41.4 Å². The highest BCUT2D eigenvalue weighted by Crippen LogP contribution is 2.20. The molecule has 3 aromatic carbocycles. The van der Waals surface area contributed by atoms with Crippen LogP contribution < -0.4 is 0 Å². The Labute approximate surface area is 176 Å². The summed E-state index contributed by atoms with van der Waals surface area (Å²) >= 11 is 0. The molecule has 4 aromatic rings. The van der Waals surface area contributed by atoms with Crippen LogP contribution in [0.3, 0.4) is 0 Å². The number of piperazine rings is 1. The minimum absolute atomic E-state index is 0.0884. The zero-order chi connectivity index (χ0) is 20.3. The van der Waals surface area contributed by atoms with E-state index >= 15 is 0 Å². The highest BCUT2D eigenvalue weighted by molar-refractivity contribution is 5.97. The minimum atomic E-state index is 0.0884. The summed E-state index contributed by atoms with van der Waals surface area (Å²) in [5.41, 5.74) is 4.93. The van der Waals surface area contributed by atoms with Gasteiger partial charge in [0.1, 0.15) is 6.33 Å². The first-order chi connectivity index (χ1) is 14.8. The summed E-state index contributed by atoms with van der Waals surface area (Å²) in [5, 5.41) is 0. The van der Waals surface area contributed by atoms with E-state index in [0.717, 1.165) is 49.4 Å². The number of imidazole rings is 1. The number of para-hydroxylation sites is 1. The summed E-state index contributed by atoms with van der Waals surface area (Å²) in [6, 6.07) is 26.4. The molecule has 150 valence electrons. The van der Waals surface area contributed by atoms with Crippen molar-refractivity contribution in [1.29, 1.82) is 0 Å². The van der Waals surface area contributed by atoms with E-state index in [1.54, 1.807) is 0 Å². The summed E-state index contributed by atoms with van der Waals surface area (Å²) in [6.45, 7) is 4.23. The number of rotatable bonds is 4. The number of amides is 1. The molecule has 0 unspecified atom stereocenters. The number of aromatic nitrogens is 2. The minimum Gasteiger partial charge on any atom is -0.336 e. The summed E-state index contributed by atoms with van der Waals surface area (Å²) < 4.78 is 2.05. The molecule has 5 heteroatoms. The number of hydrogen-bond donors (Lipinski definition) is 0. The summed E-state index contributed by atoms with van der Waals surface area (Å²) in [4.78, 5) is 21.9. The Morgan fingerprint density at radius 1 is 0.833 bits per heavy atom. The first-order valence-corrected chi connectivity index (χ1v) is 10.4. The third-order valence-corrected chi connectivity index (χ3v) is 5.74. The van der Waals surface area contributed by atoms with Gasteiger partial charge in [0.25, 0.3) is 5.91 Å². The number of fused-ring (bicyclic) bond motifs is 1. The molecule has 0 aliphatic carbocycles. The van der Waals surface area contributed by atoms with Crippen LogP contribution in [0.1, 0.15) is 15.9 Å². The molecule has 0 spiro atoms. The van der Waals surface area contributed by atoms with Gasteiger partial charge in [-0.1, -0.05) is 48.5 Å². The van der Waals surface area contributed by atoms with Crippen molar-refractivity contribution in [3.05, 3.63) is 96.3 Å². The fraction of sp³-hybridized carbons (Fsp3) is 0.200. The van der Waals surface area contributed by atoms with Gasteiger partial charge in [-0.2, -0.15) is 0 Å². The second-order valence-electron chi connectivity index (χ2n) is 7.71. The molecule has 1 fully saturated rings. The van der Waals surface area contributed by atoms with Gasteiger partial charge in [0.15, 0.2) is 0 Å². The van der Waals surface area contributed by atoms with E-state index in [1.807, 2.05) is 58.3 Å². The Kier molecular flexibility index (Phi) is 5.03. The maximum Gasteiger partial charge on any atom is 0.254 e. The van der Waals surface area contributed by atoms with E-state index in [0.29, 0.717) is 5.56 Å². The van der Waals surface area contributed by atoms with Crippen molar-refractivity contribution < 1.29 is 4.79 Å². The molecular formula is C25H24N4O. The van der Waals surface area contributed by atoms with Crippen LogP contribution in [0.25, 0.3) is 16.7 Å². The van der Waals surface area contributed by atoms with Crippen LogP contribution in [-0.2, 0) is 6.54 Å². The standard InChI is InChI=1S/C25H24N4O/c30-25(28-15-13-27(14-16-28)18-20-7-3-1-4-8-20)21-11-12-24-23(17-21)26-19-29(24)22-9-5-2-6-10-22/h1-12,17,19H,13-16,18H2. The van der Waals surface area contributed by atoms with Crippen LogP contribution in [0.15, 0.2) is 85.2 Å². The largest absolute Gasteiger partial charge is 0.336 e. The number of hydrogen-bond acceptors (Lipinski definition) is 3. The van der Waals surface area contributed by atoms with Crippen molar-refractivity contribution in [3.8, 4) is 5.69 Å². The normalized spacial score (nSPS) is 14.9. The third-order valence-electron chi connectivity index (χ3n) is 5.74. The van der Waals surface area contributed by atoms with Crippen molar-refractivity contribution in [2.24, 2.45) is 0 Å². The van der Waals surface area contributed by atoms with Gasteiger partial charge in [0.2, 0.25) is 0 Å². The number of carbonyl (C=O) groups excluding carboxylic acids is 1. The molecule has 2 heterocycles. The van der Waals surface area contributed by atoms with E-state index in [9.17, 15) is 4.79 Å². The van der Waals surface area contributed by atoms with Crippen LogP contribution in [0.5, 0.6) is 0 Å². The fourth-order valence-corrected chi connectivity index (χ4v) is 4.07. The van der Waals surface area contributed by atoms with Crippen molar-refractivity contribution in [3.63, 3.8) is 0 Å². The average Bonchev–Trinajstić information content (AvgIpc) is 3.24. The molecule has 1 aliphatic heterocycles. The highest BCUT2D eigenvalue weighted by Gasteiger charge is 2.22. The number of benzene rings is 3. The van der Waals surface area contributed by atoms with Gasteiger partial charge in [0, 0.05) is 44.0 Å². The number of carbonyl (C=O) groups is 1. The SMILES string of the molecule is O=C(c1ccc2c(c1)ncn2-c1ccccc1)N1CCN(Cc2ccccc2)CC1. The maximum absolute atomic E-state index is 13.1. The Morgan fingerprint density at radius 3 is 2.27 bits per heavy atom. The lowest BCUT2D eigenvalue weighted by atomic mass is 10.1. The van der Waals surface area contributed by atoms with Crippen molar-refractivity contribution in [2.45, 2.75) is 6.54 Å². The molecule has 1 amide bonds. The predicted octanol–water partition coefficient (Wildman–Crippen LogP) is 3.98. The van der Waals surface area contributed by atoms with E-state index < -0.39 is 0 Å². The van der Waals surface area contributed by atoms with Crippen molar-refractivity contribution in [1.82, 2.24) is 19.4 Å². The summed E-state index contributed by atoms with van der Waals surface area (Å²) in [6.07, 6.45) is 1.82. The van der Waals surface area contributed by atoms with Crippen molar-refractivity contribution >= 4 is 16.9 Å². The molecule has 1 saturated heterocycles. The number of nitrogens with zero attached hydrogens (tertiary/aromatic N) is 4. The molecule has 5 rings (SSSR count). The van der Waals surface area contributed by atoms with Crippen molar-refractivity contribution in [2.75, 3.05) is 26.2 Å². The first-order valence-electron chi connectivity index (χ1n) is 10.4. The molecule has 0 N–H and O–H groups in total. The molecular weight excluding hydrogens is 372 g/mol. The molecule has 5 nitrogen and oxygen atoms in total. The fourth-order valence-electron chi connectivity index (χ4n) is 4.07. The zero-order valence-electron chi connectivity index (χ0n) is 16.8. The molecule has 30 heavy (non-hydrogen) atoms. The van der Waals surface area contributed by atoms with Gasteiger partial charge in [-0.05, 0) is 35.9 Å². The highest BCUT2D eigenvalue weighted by atomic mass is 16.2. The molecule has 1 aromatic heterocycles. The lowest BCUT2D eigenvalue weighted by molar-refractivity contribution is 0.0628. The maximum atomic E-state index is 13.1. The van der Waals surface area contributed by atoms with Crippen LogP contribution in [0.4, 0.5) is 0 Å². The predicted molar refractivity (Wildman–Crippen MR) is 119 cm³/mol. The molecule has 1 aliphatic rings. The van der Waals surface area contributed by atoms with E-state index in [-0.39, 0.29) is 5.91 Å².